The number of nitro benzene ring substituents is 1. The third-order valence-electron chi connectivity index (χ3n) is 4.15. The minimum absolute atomic E-state index is 0.0378. The standard InChI is InChI=1S/C22H19N3O4/c1-16(18-10-7-11-19(14-18)25(27)28)23-24-22(26)15-29-21-13-6-5-12-20(21)17-8-3-2-4-9-17/h2-14H,15H2,1H3,(H,24,26)/b23-16+. The van der Waals surface area contributed by atoms with Gasteiger partial charge >= 0.3 is 0 Å². The zero-order valence-electron chi connectivity index (χ0n) is 15.7. The number of hydrogen-bond acceptors (Lipinski definition) is 5. The number of benzene rings is 3. The lowest BCUT2D eigenvalue weighted by atomic mass is 10.1. The maximum atomic E-state index is 12.1. The van der Waals surface area contributed by atoms with E-state index in [0.717, 1.165) is 11.1 Å². The first kappa shape index (κ1) is 19.8. The molecule has 0 aliphatic heterocycles. The normalized spacial score (nSPS) is 11.0. The maximum absolute atomic E-state index is 12.1. The Hall–Kier alpha value is -4.00. The molecule has 0 aliphatic rings. The van der Waals surface area contributed by atoms with Crippen LogP contribution in [-0.4, -0.2) is 23.1 Å². The molecule has 0 bridgehead atoms. The zero-order valence-corrected chi connectivity index (χ0v) is 15.7. The van der Waals surface area contributed by atoms with E-state index in [-0.39, 0.29) is 12.3 Å². The Morgan fingerprint density at radius 3 is 2.52 bits per heavy atom. The van der Waals surface area contributed by atoms with Crippen LogP contribution in [0.1, 0.15) is 12.5 Å². The molecule has 0 spiro atoms. The smallest absolute Gasteiger partial charge is 0.277 e. The van der Waals surface area contributed by atoms with E-state index in [1.165, 1.54) is 12.1 Å². The van der Waals surface area contributed by atoms with E-state index < -0.39 is 10.8 Å². The van der Waals surface area contributed by atoms with E-state index in [1.54, 1.807) is 25.1 Å². The van der Waals surface area contributed by atoms with Gasteiger partial charge in [-0.15, -0.1) is 0 Å². The average Bonchev–Trinajstić information content (AvgIpc) is 2.77. The van der Waals surface area contributed by atoms with Gasteiger partial charge in [-0.1, -0.05) is 60.7 Å². The van der Waals surface area contributed by atoms with Gasteiger partial charge in [0.05, 0.1) is 10.6 Å². The highest BCUT2D eigenvalue weighted by Gasteiger charge is 2.10. The van der Waals surface area contributed by atoms with Gasteiger partial charge in [-0.2, -0.15) is 5.10 Å². The van der Waals surface area contributed by atoms with E-state index in [0.29, 0.717) is 17.0 Å². The number of nitro groups is 1. The molecular weight excluding hydrogens is 370 g/mol. The van der Waals surface area contributed by atoms with Crippen molar-refractivity contribution in [3.05, 3.63) is 94.5 Å². The Labute approximate surface area is 167 Å². The molecule has 0 unspecified atom stereocenters. The molecule has 7 heteroatoms. The molecule has 1 amide bonds. The third-order valence-corrected chi connectivity index (χ3v) is 4.15. The first-order valence-corrected chi connectivity index (χ1v) is 8.90. The Balaban J connectivity index is 1.63. The Morgan fingerprint density at radius 1 is 1.03 bits per heavy atom. The van der Waals surface area contributed by atoms with Crippen molar-refractivity contribution in [1.29, 1.82) is 0 Å². The van der Waals surface area contributed by atoms with Gasteiger partial charge in [0.2, 0.25) is 0 Å². The summed E-state index contributed by atoms with van der Waals surface area (Å²) in [5, 5.41) is 14.9. The largest absolute Gasteiger partial charge is 0.483 e. The Bertz CT molecular complexity index is 1050. The second kappa shape index (κ2) is 9.27. The highest BCUT2D eigenvalue weighted by atomic mass is 16.6. The quantitative estimate of drug-likeness (QED) is 0.373. The van der Waals surface area contributed by atoms with Crippen molar-refractivity contribution in [3.8, 4) is 16.9 Å². The number of hydrazone groups is 1. The number of hydrogen-bond donors (Lipinski definition) is 1. The average molecular weight is 389 g/mol. The fourth-order valence-corrected chi connectivity index (χ4v) is 2.68. The lowest BCUT2D eigenvalue weighted by Gasteiger charge is -2.11. The van der Waals surface area contributed by atoms with Gasteiger partial charge in [0.25, 0.3) is 11.6 Å². The molecule has 3 aromatic carbocycles. The van der Waals surface area contributed by atoms with Crippen molar-refractivity contribution in [1.82, 2.24) is 5.43 Å². The summed E-state index contributed by atoms with van der Waals surface area (Å²) in [5.41, 5.74) is 5.25. The topological polar surface area (TPSA) is 93.8 Å². The summed E-state index contributed by atoms with van der Waals surface area (Å²) in [5.74, 6) is 0.158. The molecule has 0 aliphatic carbocycles. The summed E-state index contributed by atoms with van der Waals surface area (Å²) < 4.78 is 5.67. The second-order valence-corrected chi connectivity index (χ2v) is 6.19. The van der Waals surface area contributed by atoms with Crippen molar-refractivity contribution < 1.29 is 14.5 Å². The summed E-state index contributed by atoms with van der Waals surface area (Å²) in [6.07, 6.45) is 0. The van der Waals surface area contributed by atoms with Crippen LogP contribution in [0.15, 0.2) is 84.0 Å². The summed E-state index contributed by atoms with van der Waals surface area (Å²) in [4.78, 5) is 22.5. The van der Waals surface area contributed by atoms with E-state index in [2.05, 4.69) is 10.5 Å². The number of para-hydroxylation sites is 1. The van der Waals surface area contributed by atoms with Gasteiger partial charge in [-0.25, -0.2) is 5.43 Å². The highest BCUT2D eigenvalue weighted by Crippen LogP contribution is 2.29. The molecular formula is C22H19N3O4. The molecule has 0 atom stereocenters. The fourth-order valence-electron chi connectivity index (χ4n) is 2.68. The zero-order chi connectivity index (χ0) is 20.6. The minimum atomic E-state index is -0.479. The highest BCUT2D eigenvalue weighted by molar-refractivity contribution is 5.99. The summed E-state index contributed by atoms with van der Waals surface area (Å²) >= 11 is 0. The molecule has 0 saturated carbocycles. The third kappa shape index (κ3) is 5.26. The van der Waals surface area contributed by atoms with Crippen molar-refractivity contribution in [2.75, 3.05) is 6.61 Å². The number of nitrogens with one attached hydrogen (secondary N) is 1. The molecule has 0 radical (unpaired) electrons. The molecule has 146 valence electrons. The van der Waals surface area contributed by atoms with Crippen molar-refractivity contribution in [2.24, 2.45) is 5.10 Å². The van der Waals surface area contributed by atoms with Crippen molar-refractivity contribution in [3.63, 3.8) is 0 Å². The molecule has 3 rings (SSSR count). The summed E-state index contributed by atoms with van der Waals surface area (Å²) in [7, 11) is 0. The maximum Gasteiger partial charge on any atom is 0.277 e. The lowest BCUT2D eigenvalue weighted by molar-refractivity contribution is -0.384. The molecule has 0 saturated heterocycles. The van der Waals surface area contributed by atoms with Crippen LogP contribution in [-0.2, 0) is 4.79 Å². The number of ether oxygens (including phenoxy) is 1. The molecule has 1 N–H and O–H groups in total. The van der Waals surface area contributed by atoms with Crippen LogP contribution in [0.2, 0.25) is 0 Å². The number of carbonyl (C=O) groups is 1. The van der Waals surface area contributed by atoms with E-state index >= 15 is 0 Å². The number of amides is 1. The first-order chi connectivity index (χ1) is 14.0. The number of nitrogens with zero attached hydrogens (tertiary/aromatic N) is 2. The lowest BCUT2D eigenvalue weighted by Crippen LogP contribution is -2.25. The molecule has 0 fully saturated rings. The van der Waals surface area contributed by atoms with Crippen LogP contribution in [0.4, 0.5) is 5.69 Å². The second-order valence-electron chi connectivity index (χ2n) is 6.19. The Kier molecular flexibility index (Phi) is 6.32. The molecule has 29 heavy (non-hydrogen) atoms. The fraction of sp³-hybridized carbons (Fsp3) is 0.0909. The van der Waals surface area contributed by atoms with E-state index in [9.17, 15) is 14.9 Å². The van der Waals surface area contributed by atoms with Crippen LogP contribution in [0.3, 0.4) is 0 Å². The number of rotatable bonds is 7. The minimum Gasteiger partial charge on any atom is -0.483 e. The van der Waals surface area contributed by atoms with Crippen molar-refractivity contribution in [2.45, 2.75) is 6.92 Å². The van der Waals surface area contributed by atoms with Crippen LogP contribution in [0.25, 0.3) is 11.1 Å². The van der Waals surface area contributed by atoms with Gasteiger partial charge in [0.1, 0.15) is 5.75 Å². The van der Waals surface area contributed by atoms with E-state index in [1.807, 2.05) is 48.5 Å². The first-order valence-electron chi connectivity index (χ1n) is 8.90. The monoisotopic (exact) mass is 389 g/mol. The predicted octanol–water partition coefficient (Wildman–Crippen LogP) is 4.18. The predicted molar refractivity (Wildman–Crippen MR) is 111 cm³/mol. The molecule has 0 aromatic heterocycles. The Morgan fingerprint density at radius 2 is 1.76 bits per heavy atom. The van der Waals surface area contributed by atoms with Gasteiger partial charge in [-0.05, 0) is 18.6 Å². The molecule has 0 heterocycles. The summed E-state index contributed by atoms with van der Waals surface area (Å²) in [6, 6.07) is 23.3. The van der Waals surface area contributed by atoms with Gasteiger partial charge in [0.15, 0.2) is 6.61 Å². The van der Waals surface area contributed by atoms with Crippen LogP contribution < -0.4 is 10.2 Å². The van der Waals surface area contributed by atoms with Gasteiger partial charge < -0.3 is 4.74 Å². The van der Waals surface area contributed by atoms with E-state index in [4.69, 9.17) is 4.74 Å². The van der Waals surface area contributed by atoms with Gasteiger partial charge in [0, 0.05) is 23.3 Å². The summed E-state index contributed by atoms with van der Waals surface area (Å²) in [6.45, 7) is 1.44. The molecule has 3 aromatic rings. The van der Waals surface area contributed by atoms with Crippen molar-refractivity contribution >= 4 is 17.3 Å². The number of non-ortho nitro benzene ring substituents is 1. The van der Waals surface area contributed by atoms with Gasteiger partial charge in [-0.3, -0.25) is 14.9 Å². The van der Waals surface area contributed by atoms with Crippen LogP contribution >= 0.6 is 0 Å². The number of carbonyl (C=O) groups excluding carboxylic acids is 1. The van der Waals surface area contributed by atoms with Crippen LogP contribution in [0, 0.1) is 10.1 Å². The SMILES string of the molecule is C/C(=N\NC(=O)COc1ccccc1-c1ccccc1)c1cccc([N+](=O)[O-])c1. The molecule has 7 nitrogen and oxygen atoms in total. The van der Waals surface area contributed by atoms with Crippen LogP contribution in [0.5, 0.6) is 5.75 Å².